The number of nitrogens with one attached hydrogen (secondary N) is 1. The molecule has 3 heterocycles. The molecule has 0 saturated carbocycles. The summed E-state index contributed by atoms with van der Waals surface area (Å²) in [5.41, 5.74) is 5.15. The van der Waals surface area contributed by atoms with Gasteiger partial charge in [0.2, 0.25) is 0 Å². The van der Waals surface area contributed by atoms with Crippen molar-refractivity contribution in [2.24, 2.45) is 0 Å². The van der Waals surface area contributed by atoms with Crippen LogP contribution in [0, 0.1) is 0 Å². The Morgan fingerprint density at radius 3 is 2.08 bits per heavy atom. The maximum atomic E-state index is 12.3. The summed E-state index contributed by atoms with van der Waals surface area (Å²) >= 11 is 0. The minimum absolute atomic E-state index is 0.0352. The number of hydrogen-bond donors (Lipinski definition) is 1. The number of carbonyl (C=O) groups excluding carboxylic acids is 2. The standard InChI is InChI=1S/C22H23NO2/c24-21-14-18-7-3-4-8-19-12-16-10-9-15(11-20(16)23-19)5-1-2-6-17(21)13-22(18)25/h9-14,23H,1-8H2. The van der Waals surface area contributed by atoms with Gasteiger partial charge in [-0.3, -0.25) is 9.59 Å². The van der Waals surface area contributed by atoms with Gasteiger partial charge < -0.3 is 4.98 Å². The summed E-state index contributed by atoms with van der Waals surface area (Å²) in [5.74, 6) is 0.0712. The van der Waals surface area contributed by atoms with Crippen LogP contribution in [0.1, 0.15) is 49.8 Å². The lowest BCUT2D eigenvalue weighted by molar-refractivity contribution is -0.115. The zero-order valence-electron chi connectivity index (χ0n) is 14.4. The number of aryl methyl sites for hydroxylation is 2. The first kappa shape index (κ1) is 16.1. The van der Waals surface area contributed by atoms with Crippen LogP contribution in [0.2, 0.25) is 0 Å². The molecular formula is C22H23NO2. The summed E-state index contributed by atoms with van der Waals surface area (Å²) in [6, 6.07) is 8.88. The Balaban J connectivity index is 1.58. The molecule has 3 nitrogen and oxygen atoms in total. The van der Waals surface area contributed by atoms with Gasteiger partial charge in [-0.2, -0.15) is 0 Å². The van der Waals surface area contributed by atoms with Crippen molar-refractivity contribution in [1.82, 2.24) is 4.98 Å². The zero-order valence-corrected chi connectivity index (χ0v) is 14.4. The number of ketones is 2. The summed E-state index contributed by atoms with van der Waals surface area (Å²) in [7, 11) is 0. The average Bonchev–Trinajstić information content (AvgIpc) is 3.00. The minimum Gasteiger partial charge on any atom is -0.358 e. The van der Waals surface area contributed by atoms with Crippen molar-refractivity contribution in [3.8, 4) is 0 Å². The number of carbonyl (C=O) groups is 2. The van der Waals surface area contributed by atoms with E-state index in [0.29, 0.717) is 24.0 Å². The topological polar surface area (TPSA) is 49.9 Å². The third-order valence-electron chi connectivity index (χ3n) is 5.29. The van der Waals surface area contributed by atoms with Crippen molar-refractivity contribution < 1.29 is 9.59 Å². The first-order valence-corrected chi connectivity index (χ1v) is 9.29. The van der Waals surface area contributed by atoms with E-state index in [1.165, 1.54) is 22.2 Å². The van der Waals surface area contributed by atoms with Gasteiger partial charge in [0.25, 0.3) is 0 Å². The van der Waals surface area contributed by atoms with Gasteiger partial charge in [-0.05, 0) is 86.6 Å². The molecule has 0 amide bonds. The predicted molar refractivity (Wildman–Crippen MR) is 99.6 cm³/mol. The van der Waals surface area contributed by atoms with Gasteiger partial charge >= 0.3 is 0 Å². The summed E-state index contributed by atoms with van der Waals surface area (Å²) in [6.07, 6.45) is 10.4. The Kier molecular flexibility index (Phi) is 4.39. The van der Waals surface area contributed by atoms with E-state index in [1.807, 2.05) is 0 Å². The van der Waals surface area contributed by atoms with Crippen molar-refractivity contribution in [2.45, 2.75) is 51.4 Å². The molecule has 1 aromatic heterocycles. The first-order chi connectivity index (χ1) is 12.2. The van der Waals surface area contributed by atoms with E-state index in [1.54, 1.807) is 12.2 Å². The predicted octanol–water partition coefficient (Wildman–Crippen LogP) is 4.61. The van der Waals surface area contributed by atoms with E-state index >= 15 is 0 Å². The first-order valence-electron chi connectivity index (χ1n) is 9.29. The number of allylic oxidation sites excluding steroid dienone is 4. The Morgan fingerprint density at radius 1 is 0.720 bits per heavy atom. The number of fused-ring (bicyclic) bond motifs is 8. The molecule has 2 aliphatic heterocycles. The Labute approximate surface area is 147 Å². The quantitative estimate of drug-likeness (QED) is 0.716. The molecule has 1 aromatic carbocycles. The van der Waals surface area contributed by atoms with E-state index in [-0.39, 0.29) is 11.6 Å². The van der Waals surface area contributed by atoms with Crippen LogP contribution < -0.4 is 0 Å². The van der Waals surface area contributed by atoms with Crippen LogP contribution in [0.4, 0.5) is 0 Å². The molecule has 3 aliphatic rings. The number of benzene rings is 1. The van der Waals surface area contributed by atoms with Crippen LogP contribution in [-0.4, -0.2) is 16.6 Å². The normalized spacial score (nSPS) is 19.4. The van der Waals surface area contributed by atoms with Gasteiger partial charge in [0.15, 0.2) is 11.6 Å². The van der Waals surface area contributed by atoms with Gasteiger partial charge in [0, 0.05) is 22.4 Å². The lowest BCUT2D eigenvalue weighted by atomic mass is 9.90. The van der Waals surface area contributed by atoms with Crippen molar-refractivity contribution in [3.63, 3.8) is 0 Å². The molecule has 0 saturated heterocycles. The molecule has 1 aliphatic carbocycles. The lowest BCUT2D eigenvalue weighted by Gasteiger charge is -2.12. The molecule has 0 unspecified atom stereocenters. The van der Waals surface area contributed by atoms with E-state index in [2.05, 4.69) is 29.2 Å². The molecule has 5 bridgehead atoms. The average molecular weight is 333 g/mol. The third-order valence-corrected chi connectivity index (χ3v) is 5.29. The maximum absolute atomic E-state index is 12.3. The highest BCUT2D eigenvalue weighted by atomic mass is 16.1. The maximum Gasteiger partial charge on any atom is 0.182 e. The highest BCUT2D eigenvalue weighted by molar-refractivity contribution is 6.19. The number of rotatable bonds is 0. The second-order valence-electron chi connectivity index (χ2n) is 7.20. The van der Waals surface area contributed by atoms with Crippen LogP contribution >= 0.6 is 0 Å². The number of H-pyrrole nitrogens is 1. The molecular weight excluding hydrogens is 310 g/mol. The summed E-state index contributed by atoms with van der Waals surface area (Å²) in [4.78, 5) is 28.0. The van der Waals surface area contributed by atoms with Gasteiger partial charge in [0.1, 0.15) is 0 Å². The second-order valence-corrected chi connectivity index (χ2v) is 7.20. The minimum atomic E-state index is 0.0352. The second kappa shape index (κ2) is 6.83. The fraction of sp³-hybridized carbons (Fsp3) is 0.364. The van der Waals surface area contributed by atoms with Gasteiger partial charge in [-0.25, -0.2) is 0 Å². The molecule has 128 valence electrons. The smallest absolute Gasteiger partial charge is 0.182 e. The van der Waals surface area contributed by atoms with Crippen LogP contribution in [0.25, 0.3) is 10.9 Å². The zero-order chi connectivity index (χ0) is 17.2. The van der Waals surface area contributed by atoms with Crippen molar-refractivity contribution >= 4 is 22.5 Å². The highest BCUT2D eigenvalue weighted by Crippen LogP contribution is 2.24. The molecule has 0 radical (unpaired) electrons. The van der Waals surface area contributed by atoms with Gasteiger partial charge in [-0.15, -0.1) is 0 Å². The van der Waals surface area contributed by atoms with Crippen LogP contribution in [-0.2, 0) is 22.4 Å². The van der Waals surface area contributed by atoms with Gasteiger partial charge in [-0.1, -0.05) is 12.1 Å². The molecule has 1 N–H and O–H groups in total. The number of aromatic nitrogens is 1. The summed E-state index contributed by atoms with van der Waals surface area (Å²) in [6.45, 7) is 0. The number of aromatic amines is 1. The number of hydrogen-bond acceptors (Lipinski definition) is 2. The Bertz CT molecular complexity index is 862. The Hall–Kier alpha value is -2.42. The molecule has 25 heavy (non-hydrogen) atoms. The van der Waals surface area contributed by atoms with Crippen LogP contribution in [0.15, 0.2) is 47.6 Å². The van der Waals surface area contributed by atoms with Crippen molar-refractivity contribution in [3.05, 3.63) is 58.8 Å². The molecule has 0 spiro atoms. The van der Waals surface area contributed by atoms with E-state index in [4.69, 9.17) is 0 Å². The van der Waals surface area contributed by atoms with Crippen molar-refractivity contribution in [1.29, 1.82) is 0 Å². The van der Waals surface area contributed by atoms with Crippen LogP contribution in [0.5, 0.6) is 0 Å². The summed E-state index contributed by atoms with van der Waals surface area (Å²) in [5, 5.41) is 1.27. The van der Waals surface area contributed by atoms with Crippen molar-refractivity contribution in [2.75, 3.05) is 0 Å². The van der Waals surface area contributed by atoms with E-state index in [9.17, 15) is 9.59 Å². The monoisotopic (exact) mass is 333 g/mol. The molecule has 2 aromatic rings. The largest absolute Gasteiger partial charge is 0.358 e. The van der Waals surface area contributed by atoms with Crippen LogP contribution in [0.3, 0.4) is 0 Å². The molecule has 0 atom stereocenters. The molecule has 5 rings (SSSR count). The highest BCUT2D eigenvalue weighted by Gasteiger charge is 2.19. The van der Waals surface area contributed by atoms with E-state index < -0.39 is 0 Å². The fourth-order valence-electron chi connectivity index (χ4n) is 3.83. The lowest BCUT2D eigenvalue weighted by Crippen LogP contribution is -2.13. The van der Waals surface area contributed by atoms with E-state index in [0.717, 1.165) is 38.5 Å². The summed E-state index contributed by atoms with van der Waals surface area (Å²) < 4.78 is 0. The Morgan fingerprint density at radius 2 is 1.36 bits per heavy atom. The molecule has 3 heteroatoms. The SMILES string of the molecule is O=C1C=C2CCCCc3cc4ccc(cc4[nH]3)CCCCC1=CC2=O. The third kappa shape index (κ3) is 3.51. The van der Waals surface area contributed by atoms with Gasteiger partial charge in [0.05, 0.1) is 0 Å². The molecule has 0 fully saturated rings. The fourth-order valence-corrected chi connectivity index (χ4v) is 3.83.